The van der Waals surface area contributed by atoms with Gasteiger partial charge in [-0.25, -0.2) is 43.1 Å². The maximum absolute atomic E-state index is 13.5. The van der Waals surface area contributed by atoms with Crippen molar-refractivity contribution in [3.63, 3.8) is 0 Å². The van der Waals surface area contributed by atoms with Gasteiger partial charge in [0.05, 0.1) is 12.4 Å². The molecular formula is C21H20F5N9O2. The molecule has 0 unspecified atom stereocenters. The molecule has 16 heteroatoms. The molecule has 1 spiro atoms. The zero-order chi connectivity index (χ0) is 26.5. The van der Waals surface area contributed by atoms with Crippen LogP contribution < -0.4 is 9.80 Å². The Morgan fingerprint density at radius 3 is 2.43 bits per heavy atom. The normalized spacial score (nSPS) is 18.2. The molecule has 2 saturated heterocycles. The van der Waals surface area contributed by atoms with Crippen LogP contribution >= 0.6 is 0 Å². The van der Waals surface area contributed by atoms with Crippen LogP contribution in [0.1, 0.15) is 25.6 Å². The maximum Gasteiger partial charge on any atom is 0.451 e. The van der Waals surface area contributed by atoms with E-state index in [0.29, 0.717) is 16.2 Å². The summed E-state index contributed by atoms with van der Waals surface area (Å²) >= 11 is 0. The van der Waals surface area contributed by atoms with Crippen LogP contribution in [0.4, 0.5) is 38.4 Å². The second-order valence-electron chi connectivity index (χ2n) is 8.58. The van der Waals surface area contributed by atoms with E-state index >= 15 is 0 Å². The number of fused-ring (bicyclic) bond motifs is 1. The van der Waals surface area contributed by atoms with Crippen molar-refractivity contribution in [3.05, 3.63) is 30.5 Å². The average Bonchev–Trinajstić information content (AvgIpc) is 3.34. The molecule has 0 radical (unpaired) electrons. The number of carbonyl (C=O) groups excluding carboxylic acids is 2. The number of imide groups is 1. The summed E-state index contributed by atoms with van der Waals surface area (Å²) in [6.07, 6.45) is -3.48. The zero-order valence-corrected chi connectivity index (χ0v) is 19.4. The number of rotatable bonds is 5. The number of hydrogen-bond acceptors (Lipinski definition) is 8. The van der Waals surface area contributed by atoms with Crippen molar-refractivity contribution in [1.29, 1.82) is 0 Å². The van der Waals surface area contributed by atoms with Crippen LogP contribution in [-0.2, 0) is 17.5 Å². The molecule has 0 aliphatic carbocycles. The highest BCUT2D eigenvalue weighted by Gasteiger charge is 2.58. The lowest BCUT2D eigenvalue weighted by Gasteiger charge is -2.42. The summed E-state index contributed by atoms with van der Waals surface area (Å²) in [7, 11) is 0. The lowest BCUT2D eigenvalue weighted by atomic mass is 9.86. The Bertz CT molecular complexity index is 1350. The molecule has 2 aliphatic heterocycles. The third-order valence-electron chi connectivity index (χ3n) is 6.54. The van der Waals surface area contributed by atoms with Gasteiger partial charge in [0, 0.05) is 31.9 Å². The van der Waals surface area contributed by atoms with E-state index in [1.807, 2.05) is 0 Å². The smallest absolute Gasteiger partial charge is 0.355 e. The topological polar surface area (TPSA) is 113 Å². The minimum atomic E-state index is -4.85. The van der Waals surface area contributed by atoms with Gasteiger partial charge in [0.25, 0.3) is 12.3 Å². The number of likely N-dealkylation sites (N-methyl/N-ethyl adjacent to an activating group) is 1. The molecule has 5 rings (SSSR count). The minimum absolute atomic E-state index is 0.150. The molecule has 3 aromatic heterocycles. The lowest BCUT2D eigenvalue weighted by Crippen LogP contribution is -2.56. The number of urea groups is 1. The van der Waals surface area contributed by atoms with Gasteiger partial charge in [-0.15, -0.1) is 0 Å². The number of aromatic nitrogens is 6. The van der Waals surface area contributed by atoms with Gasteiger partial charge in [0.1, 0.15) is 29.2 Å². The molecule has 0 bridgehead atoms. The van der Waals surface area contributed by atoms with Gasteiger partial charge >= 0.3 is 12.2 Å². The summed E-state index contributed by atoms with van der Waals surface area (Å²) in [4.78, 5) is 45.8. The van der Waals surface area contributed by atoms with Crippen LogP contribution in [0.15, 0.2) is 24.7 Å². The molecule has 0 atom stereocenters. The highest BCUT2D eigenvalue weighted by atomic mass is 19.4. The van der Waals surface area contributed by atoms with E-state index < -0.39 is 48.3 Å². The lowest BCUT2D eigenvalue weighted by molar-refractivity contribution is -0.145. The van der Waals surface area contributed by atoms with Crippen molar-refractivity contribution < 1.29 is 31.5 Å². The van der Waals surface area contributed by atoms with Gasteiger partial charge < -0.3 is 9.80 Å². The van der Waals surface area contributed by atoms with Crippen LogP contribution in [0.3, 0.4) is 0 Å². The van der Waals surface area contributed by atoms with Gasteiger partial charge in [-0.2, -0.15) is 18.3 Å². The number of carbonyl (C=O) groups is 2. The van der Waals surface area contributed by atoms with E-state index in [-0.39, 0.29) is 38.1 Å². The van der Waals surface area contributed by atoms with Crippen molar-refractivity contribution in [2.75, 3.05) is 29.4 Å². The first-order chi connectivity index (χ1) is 17.5. The molecule has 37 heavy (non-hydrogen) atoms. The van der Waals surface area contributed by atoms with Crippen molar-refractivity contribution in [3.8, 4) is 0 Å². The number of piperidine rings is 1. The predicted molar refractivity (Wildman–Crippen MR) is 118 cm³/mol. The molecule has 196 valence electrons. The summed E-state index contributed by atoms with van der Waals surface area (Å²) in [5, 5.41) is 3.90. The summed E-state index contributed by atoms with van der Waals surface area (Å²) in [6, 6.07) is 0.324. The fourth-order valence-corrected chi connectivity index (χ4v) is 4.81. The van der Waals surface area contributed by atoms with Crippen LogP contribution in [0.2, 0.25) is 0 Å². The SMILES string of the molecule is CCN1C(=O)N(c2ccnc(C(F)(F)F)n2)C(=O)C12CCN(c1cnc3cnn(CC(F)F)c3n1)CC2. The number of alkyl halides is 5. The van der Waals surface area contributed by atoms with E-state index in [1.165, 1.54) is 17.3 Å². The van der Waals surface area contributed by atoms with Gasteiger partial charge in [-0.3, -0.25) is 4.79 Å². The molecule has 0 saturated carbocycles. The van der Waals surface area contributed by atoms with E-state index in [4.69, 9.17) is 0 Å². The first-order valence-electron chi connectivity index (χ1n) is 11.3. The van der Waals surface area contributed by atoms with Crippen LogP contribution in [0, 0.1) is 0 Å². The summed E-state index contributed by atoms with van der Waals surface area (Å²) in [5.41, 5.74) is -0.734. The third-order valence-corrected chi connectivity index (χ3v) is 6.54. The quantitative estimate of drug-likeness (QED) is 0.369. The zero-order valence-electron chi connectivity index (χ0n) is 19.4. The molecule has 5 heterocycles. The van der Waals surface area contributed by atoms with E-state index in [1.54, 1.807) is 11.8 Å². The second kappa shape index (κ2) is 8.85. The fraction of sp³-hybridized carbons (Fsp3) is 0.476. The molecule has 11 nitrogen and oxygen atoms in total. The number of anilines is 2. The first kappa shape index (κ1) is 24.7. The third kappa shape index (κ3) is 4.09. The predicted octanol–water partition coefficient (Wildman–Crippen LogP) is 2.73. The maximum atomic E-state index is 13.5. The second-order valence-corrected chi connectivity index (χ2v) is 8.58. The van der Waals surface area contributed by atoms with Gasteiger partial charge in [0.15, 0.2) is 5.65 Å². The van der Waals surface area contributed by atoms with Crippen molar-refractivity contribution in [2.24, 2.45) is 0 Å². The van der Waals surface area contributed by atoms with Gasteiger partial charge in [0.2, 0.25) is 5.82 Å². The van der Waals surface area contributed by atoms with E-state index in [0.717, 1.165) is 16.9 Å². The number of nitrogens with zero attached hydrogens (tertiary/aromatic N) is 9. The van der Waals surface area contributed by atoms with Crippen LogP contribution in [0.25, 0.3) is 11.2 Å². The standard InChI is InChI=1S/C21H20F5N9O2/c1-2-33-19(37)35(14-3-6-27-17(31-14)21(24,25)26)18(36)20(33)4-7-32(8-5-20)15-10-28-12-9-29-34(11-13(22)23)16(12)30-15/h3,6,9-10,13H,2,4-5,7-8,11H2,1H3. The van der Waals surface area contributed by atoms with Crippen molar-refractivity contribution in [2.45, 2.75) is 44.5 Å². The first-order valence-corrected chi connectivity index (χ1v) is 11.3. The summed E-state index contributed by atoms with van der Waals surface area (Å²) in [6.45, 7) is 1.69. The Hall–Kier alpha value is -3.98. The Labute approximate surface area is 205 Å². The Balaban J connectivity index is 1.40. The van der Waals surface area contributed by atoms with Crippen molar-refractivity contribution >= 4 is 34.7 Å². The Kier molecular flexibility index (Phi) is 5.91. The van der Waals surface area contributed by atoms with Gasteiger partial charge in [-0.05, 0) is 19.8 Å². The average molecular weight is 525 g/mol. The van der Waals surface area contributed by atoms with Crippen LogP contribution in [-0.4, -0.2) is 78.2 Å². The monoisotopic (exact) mass is 525 g/mol. The molecule has 0 N–H and O–H groups in total. The molecular weight excluding hydrogens is 505 g/mol. The largest absolute Gasteiger partial charge is 0.451 e. The highest BCUT2D eigenvalue weighted by Crippen LogP contribution is 2.40. The number of halogens is 5. The van der Waals surface area contributed by atoms with Gasteiger partial charge in [-0.1, -0.05) is 0 Å². The minimum Gasteiger partial charge on any atom is -0.355 e. The van der Waals surface area contributed by atoms with E-state index in [2.05, 4.69) is 25.0 Å². The molecule has 2 aliphatic rings. The summed E-state index contributed by atoms with van der Waals surface area (Å²) < 4.78 is 66.2. The van der Waals surface area contributed by atoms with Crippen LogP contribution in [0.5, 0.6) is 0 Å². The summed E-state index contributed by atoms with van der Waals surface area (Å²) in [5.74, 6) is -2.17. The molecule has 0 aromatic carbocycles. The number of amides is 3. The molecule has 3 aromatic rings. The Morgan fingerprint density at radius 1 is 1.05 bits per heavy atom. The van der Waals surface area contributed by atoms with E-state index in [9.17, 15) is 31.5 Å². The van der Waals surface area contributed by atoms with Crippen molar-refractivity contribution in [1.82, 2.24) is 34.6 Å². The fourth-order valence-electron chi connectivity index (χ4n) is 4.81. The molecule has 2 fully saturated rings. The molecule has 3 amide bonds. The highest BCUT2D eigenvalue weighted by molar-refractivity contribution is 6.22. The Morgan fingerprint density at radius 2 is 1.78 bits per heavy atom. The number of hydrogen-bond donors (Lipinski definition) is 0.